The topological polar surface area (TPSA) is 54.5 Å². The van der Waals surface area contributed by atoms with Crippen LogP contribution in [-0.2, 0) is 9.05 Å². The number of rotatable bonds is 5. The van der Waals surface area contributed by atoms with E-state index in [1.165, 1.54) is 4.90 Å². The van der Waals surface area contributed by atoms with E-state index in [-0.39, 0.29) is 5.02 Å². The fraction of sp³-hybridized carbons (Fsp3) is 0.417. The normalized spacial score (nSPS) is 11.4. The third-order valence-corrected chi connectivity index (χ3v) is 4.20. The van der Waals surface area contributed by atoms with E-state index in [0.717, 1.165) is 12.1 Å². The second-order valence-electron chi connectivity index (χ2n) is 4.09. The minimum Gasteiger partial charge on any atom is -0.339 e. The lowest BCUT2D eigenvalue weighted by Crippen LogP contribution is -2.32. The van der Waals surface area contributed by atoms with Crippen LogP contribution in [0.15, 0.2) is 17.0 Å². The van der Waals surface area contributed by atoms with Gasteiger partial charge in [-0.15, -0.1) is 0 Å². The molecule has 0 aliphatic heterocycles. The summed E-state index contributed by atoms with van der Waals surface area (Å²) >= 11 is 5.74. The molecule has 0 unspecified atom stereocenters. The summed E-state index contributed by atoms with van der Waals surface area (Å²) < 4.78 is 36.7. The van der Waals surface area contributed by atoms with Gasteiger partial charge in [0.1, 0.15) is 4.90 Å². The van der Waals surface area contributed by atoms with Crippen molar-refractivity contribution in [2.45, 2.75) is 25.2 Å². The van der Waals surface area contributed by atoms with Crippen molar-refractivity contribution in [3.63, 3.8) is 0 Å². The van der Waals surface area contributed by atoms with Gasteiger partial charge in [0, 0.05) is 28.8 Å². The molecule has 4 nitrogen and oxygen atoms in total. The molecule has 0 radical (unpaired) electrons. The Balaban J connectivity index is 3.39. The number of hydrogen-bond acceptors (Lipinski definition) is 3. The maximum atomic E-state index is 14.2. The van der Waals surface area contributed by atoms with E-state index >= 15 is 0 Å². The van der Waals surface area contributed by atoms with Gasteiger partial charge in [0.15, 0.2) is 5.82 Å². The van der Waals surface area contributed by atoms with Crippen LogP contribution in [0.3, 0.4) is 0 Å². The van der Waals surface area contributed by atoms with Crippen LogP contribution in [0.2, 0.25) is 5.02 Å². The molecular formula is C12H14Cl2FNO3S. The molecule has 8 heteroatoms. The first kappa shape index (κ1) is 17.2. The third kappa shape index (κ3) is 3.84. The number of hydrogen-bond donors (Lipinski definition) is 0. The summed E-state index contributed by atoms with van der Waals surface area (Å²) in [5.74, 6) is -1.79. The van der Waals surface area contributed by atoms with Gasteiger partial charge in [-0.05, 0) is 25.5 Å². The van der Waals surface area contributed by atoms with Gasteiger partial charge in [-0.3, -0.25) is 4.79 Å². The van der Waals surface area contributed by atoms with Crippen LogP contribution in [0.1, 0.15) is 30.6 Å². The lowest BCUT2D eigenvalue weighted by atomic mass is 10.1. The fourth-order valence-corrected chi connectivity index (χ4v) is 2.95. The number of carbonyl (C=O) groups is 1. The van der Waals surface area contributed by atoms with Crippen molar-refractivity contribution >= 4 is 37.2 Å². The molecule has 0 atom stereocenters. The van der Waals surface area contributed by atoms with E-state index in [1.54, 1.807) is 6.92 Å². The molecule has 1 rings (SSSR count). The molecule has 0 aliphatic carbocycles. The van der Waals surface area contributed by atoms with E-state index < -0.39 is 31.2 Å². The summed E-state index contributed by atoms with van der Waals surface area (Å²) in [5.41, 5.74) is -0.396. The van der Waals surface area contributed by atoms with Gasteiger partial charge in [-0.25, -0.2) is 12.8 Å². The summed E-state index contributed by atoms with van der Waals surface area (Å²) in [6.07, 6.45) is 0.697. The molecule has 1 aromatic carbocycles. The summed E-state index contributed by atoms with van der Waals surface area (Å²) in [6.45, 7) is 4.43. The fourth-order valence-electron chi connectivity index (χ4n) is 1.74. The maximum absolute atomic E-state index is 14.2. The second kappa shape index (κ2) is 6.74. The van der Waals surface area contributed by atoms with Gasteiger partial charge in [-0.1, -0.05) is 18.5 Å². The molecule has 0 saturated heterocycles. The van der Waals surface area contributed by atoms with Crippen LogP contribution in [0.4, 0.5) is 4.39 Å². The van der Waals surface area contributed by atoms with Crippen molar-refractivity contribution in [3.05, 3.63) is 28.5 Å². The molecule has 20 heavy (non-hydrogen) atoms. The highest BCUT2D eigenvalue weighted by molar-refractivity contribution is 8.13. The Labute approximate surface area is 126 Å². The van der Waals surface area contributed by atoms with Gasteiger partial charge in [0.05, 0.1) is 5.56 Å². The average Bonchev–Trinajstić information content (AvgIpc) is 2.36. The lowest BCUT2D eigenvalue weighted by Gasteiger charge is -2.20. The zero-order valence-electron chi connectivity index (χ0n) is 11.0. The molecule has 0 spiro atoms. The van der Waals surface area contributed by atoms with E-state index in [9.17, 15) is 17.6 Å². The molecular weight excluding hydrogens is 328 g/mol. The number of benzene rings is 1. The first-order chi connectivity index (χ1) is 9.22. The summed E-state index contributed by atoms with van der Waals surface area (Å²) in [5, 5.41) is -0.0680. The standard InChI is InChI=1S/C12H14Cl2FNO3S/c1-3-5-16(4-2)12(17)9-6-8(13)7-10(11(9)15)20(14,18)19/h6-7H,3-5H2,1-2H3. The van der Waals surface area contributed by atoms with Crippen LogP contribution < -0.4 is 0 Å². The lowest BCUT2D eigenvalue weighted by molar-refractivity contribution is 0.0759. The largest absolute Gasteiger partial charge is 0.339 e. The van der Waals surface area contributed by atoms with Crippen molar-refractivity contribution in [2.24, 2.45) is 0 Å². The summed E-state index contributed by atoms with van der Waals surface area (Å²) in [7, 11) is 0.821. The Morgan fingerprint density at radius 1 is 1.35 bits per heavy atom. The van der Waals surface area contributed by atoms with Gasteiger partial charge in [0.2, 0.25) is 0 Å². The molecule has 0 aliphatic rings. The number of amides is 1. The SMILES string of the molecule is CCCN(CC)C(=O)c1cc(Cl)cc(S(=O)(=O)Cl)c1F. The summed E-state index contributed by atoms with van der Waals surface area (Å²) in [6, 6.07) is 1.98. The highest BCUT2D eigenvalue weighted by atomic mass is 35.7. The van der Waals surface area contributed by atoms with Crippen molar-refractivity contribution in [1.82, 2.24) is 4.90 Å². The number of carbonyl (C=O) groups excluding carboxylic acids is 1. The Morgan fingerprint density at radius 2 is 1.95 bits per heavy atom. The van der Waals surface area contributed by atoms with Crippen LogP contribution in [0, 0.1) is 5.82 Å². The quantitative estimate of drug-likeness (QED) is 0.772. The third-order valence-electron chi connectivity index (χ3n) is 2.66. The minimum atomic E-state index is -4.31. The van der Waals surface area contributed by atoms with Crippen molar-refractivity contribution in [2.75, 3.05) is 13.1 Å². The van der Waals surface area contributed by atoms with E-state index in [4.69, 9.17) is 22.3 Å². The highest BCUT2D eigenvalue weighted by Gasteiger charge is 2.25. The number of nitrogens with zero attached hydrogens (tertiary/aromatic N) is 1. The molecule has 112 valence electrons. The maximum Gasteiger partial charge on any atom is 0.264 e. The van der Waals surface area contributed by atoms with Gasteiger partial charge in [0.25, 0.3) is 15.0 Å². The van der Waals surface area contributed by atoms with E-state index in [2.05, 4.69) is 0 Å². The Morgan fingerprint density at radius 3 is 2.40 bits per heavy atom. The zero-order valence-corrected chi connectivity index (χ0v) is 13.3. The Hall–Kier alpha value is -0.850. The van der Waals surface area contributed by atoms with Crippen molar-refractivity contribution in [3.8, 4) is 0 Å². The molecule has 0 N–H and O–H groups in total. The van der Waals surface area contributed by atoms with Gasteiger partial charge in [-0.2, -0.15) is 0 Å². The first-order valence-corrected chi connectivity index (χ1v) is 8.64. The van der Waals surface area contributed by atoms with Crippen LogP contribution >= 0.6 is 22.3 Å². The first-order valence-electron chi connectivity index (χ1n) is 5.95. The predicted octanol–water partition coefficient (Wildman–Crippen LogP) is 3.28. The molecule has 0 aromatic heterocycles. The molecule has 0 saturated carbocycles. The average molecular weight is 342 g/mol. The van der Waals surface area contributed by atoms with Crippen molar-refractivity contribution < 1.29 is 17.6 Å². The van der Waals surface area contributed by atoms with Crippen molar-refractivity contribution in [1.29, 1.82) is 0 Å². The van der Waals surface area contributed by atoms with Gasteiger partial charge < -0.3 is 4.90 Å². The second-order valence-corrected chi connectivity index (χ2v) is 7.06. The predicted molar refractivity (Wildman–Crippen MR) is 76.3 cm³/mol. The summed E-state index contributed by atoms with van der Waals surface area (Å²) in [4.78, 5) is 12.8. The smallest absolute Gasteiger partial charge is 0.264 e. The molecule has 1 amide bonds. The van der Waals surface area contributed by atoms with E-state index in [1.807, 2.05) is 6.92 Å². The highest BCUT2D eigenvalue weighted by Crippen LogP contribution is 2.27. The molecule has 0 bridgehead atoms. The zero-order chi connectivity index (χ0) is 15.5. The van der Waals surface area contributed by atoms with Crippen LogP contribution in [0.25, 0.3) is 0 Å². The molecule has 0 fully saturated rings. The number of halogens is 3. The van der Waals surface area contributed by atoms with Gasteiger partial charge >= 0.3 is 0 Å². The van der Waals surface area contributed by atoms with Crippen LogP contribution in [0.5, 0.6) is 0 Å². The molecule has 1 aromatic rings. The minimum absolute atomic E-state index is 0.0680. The monoisotopic (exact) mass is 341 g/mol. The van der Waals surface area contributed by atoms with E-state index in [0.29, 0.717) is 19.5 Å². The van der Waals surface area contributed by atoms with Crippen LogP contribution in [-0.4, -0.2) is 32.3 Å². The molecule has 0 heterocycles. The Bertz CT molecular complexity index is 619. The Kier molecular flexibility index (Phi) is 5.79.